The Labute approximate surface area is 179 Å². The van der Waals surface area contributed by atoms with Crippen LogP contribution in [-0.4, -0.2) is 58.4 Å². The molecule has 0 radical (unpaired) electrons. The molecule has 0 atom stereocenters. The molecular formula is C21H35N7S. The fourth-order valence-electron chi connectivity index (χ4n) is 2.62. The minimum Gasteiger partial charge on any atom is -0.375 e. The van der Waals surface area contributed by atoms with Gasteiger partial charge in [0.15, 0.2) is 11.8 Å². The van der Waals surface area contributed by atoms with Crippen LogP contribution in [0.15, 0.2) is 35.3 Å². The van der Waals surface area contributed by atoms with Crippen molar-refractivity contribution in [2.45, 2.75) is 38.5 Å². The lowest BCUT2D eigenvalue weighted by Gasteiger charge is -2.24. The van der Waals surface area contributed by atoms with Crippen LogP contribution < -0.4 is 15.5 Å². The molecule has 0 spiro atoms. The van der Waals surface area contributed by atoms with Gasteiger partial charge in [-0.3, -0.25) is 0 Å². The number of rotatable bonds is 10. The second-order valence-electron chi connectivity index (χ2n) is 7.74. The van der Waals surface area contributed by atoms with Crippen molar-refractivity contribution < 1.29 is 0 Å². The Hall–Kier alpha value is -2.22. The minimum absolute atomic E-state index is 0.136. The lowest BCUT2D eigenvalue weighted by atomic mass is 10.2. The molecule has 0 bridgehead atoms. The van der Waals surface area contributed by atoms with E-state index in [0.717, 1.165) is 43.7 Å². The average molecular weight is 418 g/mol. The molecule has 1 aromatic heterocycles. The van der Waals surface area contributed by atoms with Crippen LogP contribution in [-0.2, 0) is 13.6 Å². The van der Waals surface area contributed by atoms with E-state index >= 15 is 0 Å². The molecule has 2 aromatic rings. The van der Waals surface area contributed by atoms with Gasteiger partial charge in [0, 0.05) is 44.2 Å². The van der Waals surface area contributed by atoms with Gasteiger partial charge in [-0.25, -0.2) is 4.99 Å². The van der Waals surface area contributed by atoms with Gasteiger partial charge in [-0.05, 0) is 45.6 Å². The highest BCUT2D eigenvalue weighted by atomic mass is 32.2. The normalized spacial score (nSPS) is 12.1. The van der Waals surface area contributed by atoms with E-state index in [1.807, 2.05) is 36.4 Å². The van der Waals surface area contributed by atoms with E-state index < -0.39 is 0 Å². The van der Waals surface area contributed by atoms with Crippen LogP contribution in [0.5, 0.6) is 0 Å². The summed E-state index contributed by atoms with van der Waals surface area (Å²) in [6.07, 6.45) is 3.15. The Morgan fingerprint density at radius 1 is 1.21 bits per heavy atom. The van der Waals surface area contributed by atoms with Gasteiger partial charge in [-0.15, -0.1) is 10.2 Å². The van der Waals surface area contributed by atoms with Gasteiger partial charge in [-0.1, -0.05) is 18.2 Å². The number of hydrogen-bond donors (Lipinski definition) is 2. The number of anilines is 1. The fraction of sp³-hybridized carbons (Fsp3) is 0.571. The van der Waals surface area contributed by atoms with E-state index in [4.69, 9.17) is 4.99 Å². The lowest BCUT2D eigenvalue weighted by Crippen LogP contribution is -2.44. The molecule has 2 rings (SSSR count). The van der Waals surface area contributed by atoms with E-state index in [9.17, 15) is 0 Å². The first kappa shape index (κ1) is 23.1. The smallest absolute Gasteiger partial charge is 0.191 e. The maximum atomic E-state index is 4.73. The van der Waals surface area contributed by atoms with E-state index in [2.05, 4.69) is 77.1 Å². The van der Waals surface area contributed by atoms with Crippen molar-refractivity contribution in [1.82, 2.24) is 25.4 Å². The van der Waals surface area contributed by atoms with Crippen molar-refractivity contribution >= 4 is 23.4 Å². The molecule has 8 heteroatoms. The van der Waals surface area contributed by atoms with Crippen molar-refractivity contribution in [3.63, 3.8) is 0 Å². The quantitative estimate of drug-likeness (QED) is 0.352. The first-order valence-electron chi connectivity index (χ1n) is 10.0. The second kappa shape index (κ2) is 11.1. The number of aryl methyl sites for hydroxylation is 1. The molecule has 7 nitrogen and oxygen atoms in total. The zero-order valence-electron chi connectivity index (χ0n) is 18.6. The maximum Gasteiger partial charge on any atom is 0.191 e. The molecule has 0 aliphatic carbocycles. The summed E-state index contributed by atoms with van der Waals surface area (Å²) in [6, 6.07) is 10.5. The summed E-state index contributed by atoms with van der Waals surface area (Å²) in [5, 5.41) is 15.3. The zero-order chi connectivity index (χ0) is 21.3. The van der Waals surface area contributed by atoms with Gasteiger partial charge in [0.25, 0.3) is 0 Å². The van der Waals surface area contributed by atoms with Gasteiger partial charge < -0.3 is 20.1 Å². The molecule has 2 N–H and O–H groups in total. The number of aliphatic imine (C=N–C) groups is 1. The zero-order valence-corrected chi connectivity index (χ0v) is 19.4. The molecule has 1 heterocycles. The summed E-state index contributed by atoms with van der Waals surface area (Å²) in [7, 11) is 4.09. The Morgan fingerprint density at radius 2 is 1.93 bits per heavy atom. The summed E-state index contributed by atoms with van der Waals surface area (Å²) in [5.74, 6) is 2.57. The Morgan fingerprint density at radius 3 is 2.55 bits per heavy atom. The monoisotopic (exact) mass is 417 g/mol. The predicted octanol–water partition coefficient (Wildman–Crippen LogP) is 2.83. The van der Waals surface area contributed by atoms with Gasteiger partial charge in [0.2, 0.25) is 0 Å². The number of nitrogens with one attached hydrogen (secondary N) is 2. The first-order chi connectivity index (χ1) is 13.8. The molecule has 0 unspecified atom stereocenters. The predicted molar refractivity (Wildman–Crippen MR) is 125 cm³/mol. The summed E-state index contributed by atoms with van der Waals surface area (Å²) < 4.78 is 2.11. The number of thioether (sulfide) groups is 1. The molecule has 0 amide bonds. The molecule has 29 heavy (non-hydrogen) atoms. The highest BCUT2D eigenvalue weighted by molar-refractivity contribution is 7.99. The summed E-state index contributed by atoms with van der Waals surface area (Å²) >= 11 is 1.84. The molecule has 1 aromatic carbocycles. The highest BCUT2D eigenvalue weighted by Gasteiger charge is 2.16. The van der Waals surface area contributed by atoms with Crippen LogP contribution in [0.4, 0.5) is 5.69 Å². The molecule has 0 aliphatic heterocycles. The third kappa shape index (κ3) is 7.61. The Balaban J connectivity index is 1.90. The van der Waals surface area contributed by atoms with Crippen molar-refractivity contribution in [2.75, 3.05) is 37.8 Å². The van der Waals surface area contributed by atoms with Crippen molar-refractivity contribution in [2.24, 2.45) is 12.0 Å². The van der Waals surface area contributed by atoms with E-state index in [1.54, 1.807) is 0 Å². The molecular weight excluding hydrogens is 382 g/mol. The fourth-order valence-corrected chi connectivity index (χ4v) is 2.83. The third-order valence-corrected chi connectivity index (χ3v) is 6.20. The number of nitrogens with zero attached hydrogens (tertiary/aromatic N) is 5. The average Bonchev–Trinajstić information content (AvgIpc) is 3.05. The summed E-state index contributed by atoms with van der Waals surface area (Å²) in [4.78, 5) is 7.00. The second-order valence-corrected chi connectivity index (χ2v) is 9.26. The third-order valence-electron chi connectivity index (χ3n) is 4.96. The van der Waals surface area contributed by atoms with Gasteiger partial charge >= 0.3 is 0 Å². The van der Waals surface area contributed by atoms with Crippen LogP contribution >= 0.6 is 11.8 Å². The van der Waals surface area contributed by atoms with E-state index in [-0.39, 0.29) is 4.75 Å². The number of hydrogen-bond acceptors (Lipinski definition) is 5. The van der Waals surface area contributed by atoms with Crippen LogP contribution in [0.25, 0.3) is 0 Å². The van der Waals surface area contributed by atoms with Crippen LogP contribution in [0.2, 0.25) is 0 Å². The van der Waals surface area contributed by atoms with Crippen LogP contribution in [0, 0.1) is 6.92 Å². The molecule has 160 valence electrons. The van der Waals surface area contributed by atoms with E-state index in [1.165, 1.54) is 5.69 Å². The lowest BCUT2D eigenvalue weighted by molar-refractivity contribution is 0.654. The molecule has 0 fully saturated rings. The highest BCUT2D eigenvalue weighted by Crippen LogP contribution is 2.19. The summed E-state index contributed by atoms with van der Waals surface area (Å²) in [5.41, 5.74) is 1.24. The summed E-state index contributed by atoms with van der Waals surface area (Å²) in [6.45, 7) is 9.55. The number of benzene rings is 1. The Bertz CT molecular complexity index is 771. The number of para-hydroxylation sites is 1. The van der Waals surface area contributed by atoms with Crippen molar-refractivity contribution in [3.8, 4) is 0 Å². The van der Waals surface area contributed by atoms with E-state index in [0.29, 0.717) is 6.54 Å². The molecule has 0 aliphatic rings. The van der Waals surface area contributed by atoms with Crippen molar-refractivity contribution in [1.29, 1.82) is 0 Å². The van der Waals surface area contributed by atoms with Crippen LogP contribution in [0.3, 0.4) is 0 Å². The molecule has 0 saturated heterocycles. The number of guanidine groups is 1. The van der Waals surface area contributed by atoms with Crippen molar-refractivity contribution in [3.05, 3.63) is 42.0 Å². The number of aromatic nitrogens is 3. The van der Waals surface area contributed by atoms with Crippen LogP contribution in [0.1, 0.15) is 31.9 Å². The SMILES string of the molecule is CSC(C)(C)CNC(=NCc1nnc(C)n1C)NCCCN(C)c1ccccc1. The standard InChI is InChI=1S/C21H35N7S/c1-17-25-26-19(28(17)5)15-23-20(24-16-21(2,3)29-6)22-13-10-14-27(4)18-11-8-7-9-12-18/h7-9,11-12H,10,13-16H2,1-6H3,(H2,22,23,24). The minimum atomic E-state index is 0.136. The van der Waals surface area contributed by atoms with Gasteiger partial charge in [-0.2, -0.15) is 11.8 Å². The Kier molecular flexibility index (Phi) is 8.82. The largest absolute Gasteiger partial charge is 0.375 e. The first-order valence-corrected chi connectivity index (χ1v) is 11.2. The topological polar surface area (TPSA) is 70.4 Å². The van der Waals surface area contributed by atoms with Gasteiger partial charge in [0.05, 0.1) is 0 Å². The molecule has 0 saturated carbocycles. The van der Waals surface area contributed by atoms with Gasteiger partial charge in [0.1, 0.15) is 12.4 Å². The maximum absolute atomic E-state index is 4.73.